The van der Waals surface area contributed by atoms with Gasteiger partial charge in [0.1, 0.15) is 5.69 Å². The van der Waals surface area contributed by atoms with E-state index in [1.807, 2.05) is 0 Å². The van der Waals surface area contributed by atoms with E-state index >= 15 is 0 Å². The van der Waals surface area contributed by atoms with Crippen molar-refractivity contribution in [1.29, 1.82) is 0 Å². The highest BCUT2D eigenvalue weighted by Crippen LogP contribution is 1.93. The molecule has 1 aromatic heterocycles. The third-order valence-corrected chi connectivity index (χ3v) is 1.31. The maximum Gasteiger partial charge on any atom is 0.300 e. The van der Waals surface area contributed by atoms with Crippen LogP contribution < -0.4 is 10.7 Å². The second-order valence-electron chi connectivity index (χ2n) is 2.25. The Morgan fingerprint density at radius 3 is 3.00 bits per heavy atom. The van der Waals surface area contributed by atoms with Gasteiger partial charge in [0.05, 0.1) is 0 Å². The first-order valence-electron chi connectivity index (χ1n) is 3.65. The Morgan fingerprint density at radius 2 is 2.38 bits per heavy atom. The number of carbonyl (C=O) groups excluding carboxylic acids is 1. The van der Waals surface area contributed by atoms with Gasteiger partial charge < -0.3 is 10.3 Å². The van der Waals surface area contributed by atoms with Crippen LogP contribution in [0.3, 0.4) is 0 Å². The molecule has 0 saturated heterocycles. The van der Waals surface area contributed by atoms with Crippen LogP contribution in [0.1, 0.15) is 6.92 Å². The zero-order valence-corrected chi connectivity index (χ0v) is 7.05. The fourth-order valence-corrected chi connectivity index (χ4v) is 0.781. The van der Waals surface area contributed by atoms with E-state index in [-0.39, 0.29) is 11.1 Å². The summed E-state index contributed by atoms with van der Waals surface area (Å²) in [7, 11) is 0. The number of hydrogen-bond acceptors (Lipinski definition) is 2. The zero-order chi connectivity index (χ0) is 9.68. The molecule has 0 spiro atoms. The van der Waals surface area contributed by atoms with Gasteiger partial charge in [-0.1, -0.05) is 5.92 Å². The van der Waals surface area contributed by atoms with Crippen molar-refractivity contribution in [3.05, 3.63) is 28.7 Å². The lowest BCUT2D eigenvalue weighted by molar-refractivity contribution is -0.111. The summed E-state index contributed by atoms with van der Waals surface area (Å²) in [6.45, 7) is 1.55. The molecule has 0 saturated carbocycles. The van der Waals surface area contributed by atoms with Crippen LogP contribution >= 0.6 is 0 Å². The van der Waals surface area contributed by atoms with Gasteiger partial charge in [0.15, 0.2) is 0 Å². The molecule has 0 aromatic carbocycles. The van der Waals surface area contributed by atoms with Crippen molar-refractivity contribution in [1.82, 2.24) is 4.98 Å². The first-order valence-corrected chi connectivity index (χ1v) is 3.65. The number of carbonyl (C=O) groups is 1. The minimum atomic E-state index is -0.487. The Kier molecular flexibility index (Phi) is 2.87. The number of amides is 1. The molecular weight excluding hydrogens is 168 g/mol. The monoisotopic (exact) mass is 176 g/mol. The third-order valence-electron chi connectivity index (χ3n) is 1.31. The number of H-pyrrole nitrogens is 1. The normalized spacial score (nSPS) is 8.38. The molecular formula is C9H8N2O2. The van der Waals surface area contributed by atoms with Gasteiger partial charge in [-0.25, -0.2) is 0 Å². The predicted molar refractivity (Wildman–Crippen MR) is 49.1 cm³/mol. The van der Waals surface area contributed by atoms with Crippen LogP contribution in [-0.2, 0) is 4.79 Å². The average Bonchev–Trinajstić information content (AvgIpc) is 2.09. The van der Waals surface area contributed by atoms with Crippen molar-refractivity contribution >= 4 is 11.6 Å². The summed E-state index contributed by atoms with van der Waals surface area (Å²) in [6.07, 6.45) is 2.90. The van der Waals surface area contributed by atoms with Gasteiger partial charge in [-0.15, -0.1) is 0 Å². The Balaban J connectivity index is 2.85. The lowest BCUT2D eigenvalue weighted by Gasteiger charge is -1.97. The zero-order valence-electron chi connectivity index (χ0n) is 7.05. The van der Waals surface area contributed by atoms with E-state index in [2.05, 4.69) is 22.1 Å². The highest BCUT2D eigenvalue weighted by molar-refractivity contribution is 6.03. The Labute approximate surface area is 75.0 Å². The number of rotatable bonds is 1. The molecule has 0 bridgehead atoms. The smallest absolute Gasteiger partial charge is 0.300 e. The Hall–Kier alpha value is -2.02. The molecule has 2 N–H and O–H groups in total. The molecule has 1 aromatic rings. The molecule has 66 valence electrons. The topological polar surface area (TPSA) is 62.0 Å². The van der Waals surface area contributed by atoms with Gasteiger partial charge in [0.2, 0.25) is 5.43 Å². The fourth-order valence-electron chi connectivity index (χ4n) is 0.781. The van der Waals surface area contributed by atoms with E-state index in [0.29, 0.717) is 0 Å². The summed E-state index contributed by atoms with van der Waals surface area (Å²) in [4.78, 5) is 24.7. The standard InChI is InChI=1S/C9H8N2O2/c1-2-3-9(13)11-7-6-10-5-4-8(7)12/h4-6H,1H3,(H,10,12)(H,11,13). The van der Waals surface area contributed by atoms with Gasteiger partial charge in [0, 0.05) is 18.5 Å². The molecule has 1 amide bonds. The lowest BCUT2D eigenvalue weighted by atomic mass is 10.4. The highest BCUT2D eigenvalue weighted by Gasteiger charge is 2.00. The van der Waals surface area contributed by atoms with Crippen LogP contribution in [0.4, 0.5) is 5.69 Å². The molecule has 4 heteroatoms. The Morgan fingerprint density at radius 1 is 1.62 bits per heavy atom. The van der Waals surface area contributed by atoms with Gasteiger partial charge in [0.25, 0.3) is 5.91 Å². The van der Waals surface area contributed by atoms with Gasteiger partial charge >= 0.3 is 0 Å². The van der Waals surface area contributed by atoms with Crippen LogP contribution in [0, 0.1) is 11.8 Å². The molecule has 4 nitrogen and oxygen atoms in total. The number of pyridine rings is 1. The molecule has 1 rings (SSSR count). The highest BCUT2D eigenvalue weighted by atomic mass is 16.2. The summed E-state index contributed by atoms with van der Waals surface area (Å²) in [5, 5.41) is 2.35. The van der Waals surface area contributed by atoms with Crippen LogP contribution in [0.5, 0.6) is 0 Å². The molecule has 1 heterocycles. The van der Waals surface area contributed by atoms with E-state index in [9.17, 15) is 9.59 Å². The van der Waals surface area contributed by atoms with Crippen molar-refractivity contribution in [3.63, 3.8) is 0 Å². The van der Waals surface area contributed by atoms with Crippen molar-refractivity contribution in [3.8, 4) is 11.8 Å². The van der Waals surface area contributed by atoms with Crippen LogP contribution in [0.15, 0.2) is 23.3 Å². The predicted octanol–water partition coefficient (Wildman–Crippen LogP) is 0.337. The molecule has 13 heavy (non-hydrogen) atoms. The second kappa shape index (κ2) is 4.12. The molecule has 0 aliphatic carbocycles. The number of anilines is 1. The molecule has 0 aliphatic heterocycles. The van der Waals surface area contributed by atoms with Gasteiger partial charge in [-0.2, -0.15) is 0 Å². The minimum absolute atomic E-state index is 0.204. The van der Waals surface area contributed by atoms with E-state index in [0.717, 1.165) is 0 Å². The number of hydrogen-bond donors (Lipinski definition) is 2. The maximum absolute atomic E-state index is 11.1. The molecule has 0 fully saturated rings. The van der Waals surface area contributed by atoms with Crippen LogP contribution in [-0.4, -0.2) is 10.9 Å². The van der Waals surface area contributed by atoms with E-state index < -0.39 is 5.91 Å². The van der Waals surface area contributed by atoms with Gasteiger partial charge in [-0.05, 0) is 12.8 Å². The van der Waals surface area contributed by atoms with Crippen molar-refractivity contribution < 1.29 is 4.79 Å². The first kappa shape index (κ1) is 9.07. The van der Waals surface area contributed by atoms with Crippen molar-refractivity contribution in [2.45, 2.75) is 6.92 Å². The molecule has 0 unspecified atom stereocenters. The SMILES string of the molecule is CC#CC(=O)Nc1c[nH]ccc1=O. The molecule has 0 radical (unpaired) electrons. The lowest BCUT2D eigenvalue weighted by Crippen LogP contribution is -2.15. The van der Waals surface area contributed by atoms with E-state index in [4.69, 9.17) is 0 Å². The van der Waals surface area contributed by atoms with Gasteiger partial charge in [-0.3, -0.25) is 9.59 Å². The number of nitrogens with one attached hydrogen (secondary N) is 2. The molecule has 0 aliphatic rings. The van der Waals surface area contributed by atoms with E-state index in [1.54, 1.807) is 6.92 Å². The average molecular weight is 176 g/mol. The van der Waals surface area contributed by atoms with Crippen LogP contribution in [0.2, 0.25) is 0 Å². The Bertz CT molecular complexity index is 423. The van der Waals surface area contributed by atoms with E-state index in [1.165, 1.54) is 18.5 Å². The van der Waals surface area contributed by atoms with Crippen LogP contribution in [0.25, 0.3) is 0 Å². The largest absolute Gasteiger partial charge is 0.366 e. The molecule has 0 atom stereocenters. The summed E-state index contributed by atoms with van der Waals surface area (Å²) in [5.74, 6) is 4.21. The number of aromatic nitrogens is 1. The fraction of sp³-hybridized carbons (Fsp3) is 0.111. The minimum Gasteiger partial charge on any atom is -0.366 e. The maximum atomic E-state index is 11.1. The number of aromatic amines is 1. The third kappa shape index (κ3) is 2.49. The first-order chi connectivity index (χ1) is 6.24. The van der Waals surface area contributed by atoms with Crippen molar-refractivity contribution in [2.24, 2.45) is 0 Å². The summed E-state index contributed by atoms with van der Waals surface area (Å²) >= 11 is 0. The summed E-state index contributed by atoms with van der Waals surface area (Å²) in [6, 6.07) is 1.33. The van der Waals surface area contributed by atoms with Crippen molar-refractivity contribution in [2.75, 3.05) is 5.32 Å². The quantitative estimate of drug-likeness (QED) is 0.606. The second-order valence-corrected chi connectivity index (χ2v) is 2.25. The summed E-state index contributed by atoms with van der Waals surface area (Å²) in [5.41, 5.74) is -0.0414. The summed E-state index contributed by atoms with van der Waals surface area (Å²) < 4.78 is 0.